The highest BCUT2D eigenvalue weighted by molar-refractivity contribution is 5.96. The predicted octanol–water partition coefficient (Wildman–Crippen LogP) is 0.685. The summed E-state index contributed by atoms with van der Waals surface area (Å²) in [6.45, 7) is 8.19. The molecule has 3 rings (SSSR count). The zero-order valence-corrected chi connectivity index (χ0v) is 11.2. The van der Waals surface area contributed by atoms with E-state index in [2.05, 4.69) is 18.7 Å². The number of Topliss-reactive ketones (excluding diaryl/α,β-unsaturated/α-hetero) is 1. The van der Waals surface area contributed by atoms with E-state index in [1.165, 1.54) is 0 Å². The standard InChI is InChI=1S/C13H23NO3/c1-11(2)7-14-6-5-12(11,3)10(16)13(14,8-15)9-17-4/h15H,5-9H2,1-4H3. The van der Waals surface area contributed by atoms with E-state index >= 15 is 0 Å². The highest BCUT2D eigenvalue weighted by Gasteiger charge is 2.65. The number of hydrogen-bond acceptors (Lipinski definition) is 4. The lowest BCUT2D eigenvalue weighted by atomic mass is 9.52. The summed E-state index contributed by atoms with van der Waals surface area (Å²) in [6, 6.07) is 0. The fraction of sp³-hybridized carbons (Fsp3) is 0.923. The molecule has 3 aliphatic rings. The second-order valence-electron chi connectivity index (χ2n) is 6.34. The van der Waals surface area contributed by atoms with E-state index in [9.17, 15) is 9.90 Å². The van der Waals surface area contributed by atoms with Gasteiger partial charge in [-0.3, -0.25) is 9.69 Å². The molecule has 3 saturated heterocycles. The summed E-state index contributed by atoms with van der Waals surface area (Å²) >= 11 is 0. The molecule has 3 unspecified atom stereocenters. The van der Waals surface area contributed by atoms with Crippen LogP contribution < -0.4 is 0 Å². The van der Waals surface area contributed by atoms with E-state index in [-0.39, 0.29) is 29.8 Å². The Bertz CT molecular complexity index is 342. The monoisotopic (exact) mass is 241 g/mol. The van der Waals surface area contributed by atoms with Gasteiger partial charge in [0.25, 0.3) is 0 Å². The van der Waals surface area contributed by atoms with Crippen molar-refractivity contribution in [2.75, 3.05) is 33.4 Å². The molecule has 98 valence electrons. The summed E-state index contributed by atoms with van der Waals surface area (Å²) in [5.41, 5.74) is -1.19. The number of aliphatic hydroxyl groups is 1. The van der Waals surface area contributed by atoms with E-state index < -0.39 is 5.54 Å². The minimum atomic E-state index is -0.808. The second-order valence-corrected chi connectivity index (χ2v) is 6.34. The van der Waals surface area contributed by atoms with Crippen molar-refractivity contribution in [1.82, 2.24) is 4.90 Å². The van der Waals surface area contributed by atoms with Crippen molar-refractivity contribution >= 4 is 5.78 Å². The number of piperidine rings is 3. The van der Waals surface area contributed by atoms with Crippen LogP contribution in [0.15, 0.2) is 0 Å². The van der Waals surface area contributed by atoms with Gasteiger partial charge in [-0.1, -0.05) is 20.8 Å². The number of ether oxygens (including phenoxy) is 1. The Morgan fingerprint density at radius 3 is 2.53 bits per heavy atom. The van der Waals surface area contributed by atoms with Crippen LogP contribution in [-0.2, 0) is 9.53 Å². The molecule has 0 saturated carbocycles. The zero-order valence-electron chi connectivity index (χ0n) is 11.2. The minimum Gasteiger partial charge on any atom is -0.394 e. The smallest absolute Gasteiger partial charge is 0.164 e. The van der Waals surface area contributed by atoms with E-state index in [0.717, 1.165) is 19.5 Å². The van der Waals surface area contributed by atoms with E-state index in [1.54, 1.807) is 7.11 Å². The van der Waals surface area contributed by atoms with Crippen molar-refractivity contribution in [3.05, 3.63) is 0 Å². The van der Waals surface area contributed by atoms with Crippen LogP contribution >= 0.6 is 0 Å². The van der Waals surface area contributed by atoms with Crippen molar-refractivity contribution in [3.8, 4) is 0 Å². The average molecular weight is 241 g/mol. The Morgan fingerprint density at radius 1 is 1.41 bits per heavy atom. The normalized spacial score (nSPS) is 44.1. The van der Waals surface area contributed by atoms with Gasteiger partial charge in [0, 0.05) is 25.6 Å². The van der Waals surface area contributed by atoms with Gasteiger partial charge in [0.1, 0.15) is 5.54 Å². The number of methoxy groups -OCH3 is 1. The third-order valence-corrected chi connectivity index (χ3v) is 5.14. The summed E-state index contributed by atoms with van der Waals surface area (Å²) in [4.78, 5) is 14.9. The minimum absolute atomic E-state index is 0.0330. The molecule has 0 aromatic rings. The number of nitrogens with zero attached hydrogens (tertiary/aromatic N) is 1. The lowest BCUT2D eigenvalue weighted by Crippen LogP contribution is -2.76. The first-order chi connectivity index (χ1) is 7.84. The summed E-state index contributed by atoms with van der Waals surface area (Å²) in [7, 11) is 1.58. The molecule has 3 heterocycles. The van der Waals surface area contributed by atoms with Crippen molar-refractivity contribution in [3.63, 3.8) is 0 Å². The van der Waals surface area contributed by atoms with Gasteiger partial charge in [0.05, 0.1) is 13.2 Å². The van der Waals surface area contributed by atoms with Crippen LogP contribution in [0.1, 0.15) is 27.2 Å². The number of aliphatic hydroxyl groups excluding tert-OH is 1. The van der Waals surface area contributed by atoms with Gasteiger partial charge < -0.3 is 9.84 Å². The highest BCUT2D eigenvalue weighted by Crippen LogP contribution is 2.54. The van der Waals surface area contributed by atoms with Crippen molar-refractivity contribution < 1.29 is 14.6 Å². The lowest BCUT2D eigenvalue weighted by molar-refractivity contribution is -0.191. The first-order valence-electron chi connectivity index (χ1n) is 6.24. The quantitative estimate of drug-likeness (QED) is 0.789. The number of ketones is 1. The second kappa shape index (κ2) is 3.77. The molecule has 17 heavy (non-hydrogen) atoms. The third kappa shape index (κ3) is 1.44. The Kier molecular flexibility index (Phi) is 2.88. The molecular formula is C13H23NO3. The van der Waals surface area contributed by atoms with Crippen molar-refractivity contribution in [1.29, 1.82) is 0 Å². The zero-order chi connectivity index (χ0) is 12.9. The number of rotatable bonds is 3. The largest absolute Gasteiger partial charge is 0.394 e. The molecular weight excluding hydrogens is 218 g/mol. The highest BCUT2D eigenvalue weighted by atomic mass is 16.5. The predicted molar refractivity (Wildman–Crippen MR) is 64.8 cm³/mol. The molecule has 1 N–H and O–H groups in total. The molecule has 0 spiro atoms. The Morgan fingerprint density at radius 2 is 2.06 bits per heavy atom. The molecule has 0 amide bonds. The van der Waals surface area contributed by atoms with E-state index in [1.807, 2.05) is 6.92 Å². The molecule has 0 aliphatic carbocycles. The number of hydrogen-bond donors (Lipinski definition) is 1. The average Bonchev–Trinajstić information content (AvgIpc) is 2.27. The molecule has 4 heteroatoms. The van der Waals surface area contributed by atoms with E-state index in [0.29, 0.717) is 0 Å². The van der Waals surface area contributed by atoms with Crippen LogP contribution in [0.4, 0.5) is 0 Å². The van der Waals surface area contributed by atoms with Gasteiger partial charge in [-0.05, 0) is 11.8 Å². The van der Waals surface area contributed by atoms with Gasteiger partial charge in [-0.25, -0.2) is 0 Å². The van der Waals surface area contributed by atoms with Crippen LogP contribution in [-0.4, -0.2) is 54.7 Å². The molecule has 4 nitrogen and oxygen atoms in total. The SMILES string of the molecule is COCC1(CO)C(=O)C2(C)CCN1CC2(C)C. The summed E-state index contributed by atoms with van der Waals surface area (Å²) in [5.74, 6) is 0.150. The summed E-state index contributed by atoms with van der Waals surface area (Å²) in [6.07, 6.45) is 0.879. The Labute approximate surface area is 103 Å². The first-order valence-corrected chi connectivity index (χ1v) is 6.24. The Balaban J connectivity index is 2.45. The third-order valence-electron chi connectivity index (χ3n) is 5.14. The Hall–Kier alpha value is -0.450. The van der Waals surface area contributed by atoms with E-state index in [4.69, 9.17) is 4.74 Å². The van der Waals surface area contributed by atoms with Gasteiger partial charge in [0.15, 0.2) is 5.78 Å². The molecule has 3 fully saturated rings. The summed E-state index contributed by atoms with van der Waals surface area (Å²) < 4.78 is 5.19. The lowest BCUT2D eigenvalue weighted by Gasteiger charge is -2.63. The number of fused-ring (bicyclic) bond motifs is 3. The van der Waals surface area contributed by atoms with Gasteiger partial charge >= 0.3 is 0 Å². The molecule has 2 bridgehead atoms. The van der Waals surface area contributed by atoms with Crippen LogP contribution in [0, 0.1) is 10.8 Å². The summed E-state index contributed by atoms with van der Waals surface area (Å²) in [5, 5.41) is 9.71. The fourth-order valence-corrected chi connectivity index (χ4v) is 3.48. The fourth-order valence-electron chi connectivity index (χ4n) is 3.48. The topological polar surface area (TPSA) is 49.8 Å². The maximum Gasteiger partial charge on any atom is 0.164 e. The van der Waals surface area contributed by atoms with Crippen molar-refractivity contribution in [2.24, 2.45) is 10.8 Å². The van der Waals surface area contributed by atoms with Gasteiger partial charge in [0.2, 0.25) is 0 Å². The molecule has 3 atom stereocenters. The van der Waals surface area contributed by atoms with Gasteiger partial charge in [-0.15, -0.1) is 0 Å². The molecule has 0 radical (unpaired) electrons. The number of carbonyl (C=O) groups excluding carboxylic acids is 1. The van der Waals surface area contributed by atoms with Crippen LogP contribution in [0.2, 0.25) is 0 Å². The molecule has 0 aromatic heterocycles. The van der Waals surface area contributed by atoms with Gasteiger partial charge in [-0.2, -0.15) is 0 Å². The molecule has 0 aromatic carbocycles. The first kappa shape index (κ1) is 13.0. The maximum atomic E-state index is 12.8. The van der Waals surface area contributed by atoms with Crippen LogP contribution in [0.25, 0.3) is 0 Å². The maximum absolute atomic E-state index is 12.8. The molecule has 3 aliphatic heterocycles. The number of carbonyl (C=O) groups is 1. The van der Waals surface area contributed by atoms with Crippen LogP contribution in [0.5, 0.6) is 0 Å². The van der Waals surface area contributed by atoms with Crippen LogP contribution in [0.3, 0.4) is 0 Å². The van der Waals surface area contributed by atoms with Crippen molar-refractivity contribution in [2.45, 2.75) is 32.7 Å².